The summed E-state index contributed by atoms with van der Waals surface area (Å²) >= 11 is 0. The molecular formula is C35H32FNO8. The minimum Gasteiger partial charge on any atom is -0.508 e. The van der Waals surface area contributed by atoms with E-state index in [1.807, 2.05) is 6.07 Å². The van der Waals surface area contributed by atoms with Crippen LogP contribution < -0.4 is 9.64 Å². The molecule has 4 aromatic carbocycles. The summed E-state index contributed by atoms with van der Waals surface area (Å²) < 4.78 is 24.6. The van der Waals surface area contributed by atoms with E-state index >= 15 is 0 Å². The molecule has 4 aromatic rings. The lowest BCUT2D eigenvalue weighted by molar-refractivity contribution is -0.179. The zero-order valence-corrected chi connectivity index (χ0v) is 24.1. The molecular weight excluding hydrogens is 581 g/mol. The minimum absolute atomic E-state index is 0.104. The number of para-hydroxylation sites is 1. The van der Waals surface area contributed by atoms with Gasteiger partial charge < -0.3 is 34.8 Å². The van der Waals surface area contributed by atoms with Gasteiger partial charge in [0.15, 0.2) is 5.78 Å². The standard InChI is InChI=1S/C35H32FNO8/c36-23-11-13-25(14-12-23)44-19-30(41)31-32(37(35(31)43)24-4-2-1-3-5-24)27-15-10-22(16-28(27)39)20-6-8-21(9-7-20)34-33(42)29(40)17-26(18-38)45-34/h1-16,26,29,31-34,38-40,42H,17-19H2. The van der Waals surface area contributed by atoms with Crippen LogP contribution in [-0.2, 0) is 14.3 Å². The van der Waals surface area contributed by atoms with Crippen LogP contribution in [0.4, 0.5) is 10.1 Å². The second kappa shape index (κ2) is 12.8. The maximum absolute atomic E-state index is 13.3. The Labute approximate surface area is 258 Å². The quantitative estimate of drug-likeness (QED) is 0.164. The van der Waals surface area contributed by atoms with Crippen molar-refractivity contribution >= 4 is 17.4 Å². The van der Waals surface area contributed by atoms with Crippen LogP contribution in [0.25, 0.3) is 11.1 Å². The Morgan fingerprint density at radius 2 is 1.62 bits per heavy atom. The summed E-state index contributed by atoms with van der Waals surface area (Å²) in [5.41, 5.74) is 3.01. The lowest BCUT2D eigenvalue weighted by Gasteiger charge is -2.46. The van der Waals surface area contributed by atoms with Crippen molar-refractivity contribution in [2.75, 3.05) is 18.1 Å². The summed E-state index contributed by atoms with van der Waals surface area (Å²) in [5.74, 6) is -2.24. The van der Waals surface area contributed by atoms with E-state index in [0.29, 0.717) is 28.1 Å². The molecule has 9 nitrogen and oxygen atoms in total. The van der Waals surface area contributed by atoms with Crippen molar-refractivity contribution in [3.8, 4) is 22.6 Å². The molecule has 0 radical (unpaired) electrons. The number of phenolic OH excluding ortho intramolecular Hbond substituents is 1. The number of rotatable bonds is 9. The van der Waals surface area contributed by atoms with E-state index in [4.69, 9.17) is 9.47 Å². The molecule has 0 aliphatic carbocycles. The number of ether oxygens (including phenoxy) is 2. The fourth-order valence-electron chi connectivity index (χ4n) is 5.96. The first kappa shape index (κ1) is 30.4. The number of aliphatic hydroxyl groups is 3. The predicted molar refractivity (Wildman–Crippen MR) is 162 cm³/mol. The first-order valence-corrected chi connectivity index (χ1v) is 14.6. The Morgan fingerprint density at radius 1 is 0.933 bits per heavy atom. The average Bonchev–Trinajstić information content (AvgIpc) is 3.05. The monoisotopic (exact) mass is 613 g/mol. The Morgan fingerprint density at radius 3 is 2.29 bits per heavy atom. The Kier molecular flexibility index (Phi) is 8.64. The third kappa shape index (κ3) is 6.05. The molecule has 0 bridgehead atoms. The molecule has 10 heteroatoms. The smallest absolute Gasteiger partial charge is 0.240 e. The number of benzene rings is 4. The number of aromatic hydroxyl groups is 1. The van der Waals surface area contributed by atoms with Crippen LogP contribution in [0, 0.1) is 11.7 Å². The number of carbonyl (C=O) groups is 2. The highest BCUT2D eigenvalue weighted by atomic mass is 19.1. The molecule has 232 valence electrons. The summed E-state index contributed by atoms with van der Waals surface area (Å²) in [6, 6.07) is 25.4. The Balaban J connectivity index is 1.24. The van der Waals surface area contributed by atoms with E-state index in [-0.39, 0.29) is 18.8 Å². The minimum atomic E-state index is -1.14. The maximum Gasteiger partial charge on any atom is 0.240 e. The molecule has 0 aromatic heterocycles. The Hall–Kier alpha value is -4.61. The van der Waals surface area contributed by atoms with Crippen molar-refractivity contribution < 1.29 is 43.9 Å². The first-order valence-electron chi connectivity index (χ1n) is 14.6. The molecule has 2 saturated heterocycles. The number of halogens is 1. The lowest BCUT2D eigenvalue weighted by atomic mass is 9.78. The zero-order valence-electron chi connectivity index (χ0n) is 24.1. The molecule has 45 heavy (non-hydrogen) atoms. The molecule has 0 spiro atoms. The van der Waals surface area contributed by atoms with Gasteiger partial charge in [-0.15, -0.1) is 0 Å². The summed E-state index contributed by atoms with van der Waals surface area (Å²) in [6.07, 6.45) is -3.42. The Bertz CT molecular complexity index is 1660. The third-order valence-electron chi connectivity index (χ3n) is 8.35. The highest BCUT2D eigenvalue weighted by Gasteiger charge is 2.53. The second-order valence-electron chi connectivity index (χ2n) is 11.2. The highest BCUT2D eigenvalue weighted by molar-refractivity contribution is 6.16. The van der Waals surface area contributed by atoms with Gasteiger partial charge in [-0.25, -0.2) is 4.39 Å². The van der Waals surface area contributed by atoms with Gasteiger partial charge in [0.1, 0.15) is 42.0 Å². The number of aliphatic hydroxyl groups excluding tert-OH is 3. The van der Waals surface area contributed by atoms with E-state index in [2.05, 4.69) is 0 Å². The highest BCUT2D eigenvalue weighted by Crippen LogP contribution is 2.47. The fraction of sp³-hybridized carbons (Fsp3) is 0.257. The van der Waals surface area contributed by atoms with Crippen molar-refractivity contribution in [1.29, 1.82) is 0 Å². The summed E-state index contributed by atoms with van der Waals surface area (Å²) in [7, 11) is 0. The molecule has 2 aliphatic rings. The van der Waals surface area contributed by atoms with Gasteiger partial charge in [-0.2, -0.15) is 0 Å². The lowest BCUT2D eigenvalue weighted by Crippen LogP contribution is -2.59. The summed E-state index contributed by atoms with van der Waals surface area (Å²) in [5, 5.41) is 41.4. The van der Waals surface area contributed by atoms with Crippen LogP contribution >= 0.6 is 0 Å². The summed E-state index contributed by atoms with van der Waals surface area (Å²) in [4.78, 5) is 28.1. The SMILES string of the molecule is O=C(COc1ccc(F)cc1)C1C(=O)N(c2ccccc2)C1c1ccc(-c2ccc(C3OC(CO)CC(O)C3O)cc2)cc1O. The van der Waals surface area contributed by atoms with Gasteiger partial charge in [-0.05, 0) is 59.2 Å². The van der Waals surface area contributed by atoms with Crippen molar-refractivity contribution in [2.45, 2.75) is 36.9 Å². The first-order chi connectivity index (χ1) is 21.7. The number of hydrogen-bond donors (Lipinski definition) is 4. The van der Waals surface area contributed by atoms with Gasteiger partial charge in [-0.1, -0.05) is 54.6 Å². The van der Waals surface area contributed by atoms with Gasteiger partial charge in [-0.3, -0.25) is 9.59 Å². The normalized spacial score (nSPS) is 24.6. The molecule has 2 fully saturated rings. The maximum atomic E-state index is 13.3. The molecule has 0 saturated carbocycles. The van der Waals surface area contributed by atoms with Crippen molar-refractivity contribution in [3.63, 3.8) is 0 Å². The number of Topliss-reactive ketones (excluding diaryl/α,β-unsaturated/α-hetero) is 1. The van der Waals surface area contributed by atoms with Gasteiger partial charge in [0.25, 0.3) is 0 Å². The van der Waals surface area contributed by atoms with Crippen molar-refractivity contribution in [2.24, 2.45) is 5.92 Å². The van der Waals surface area contributed by atoms with Crippen LogP contribution in [0.15, 0.2) is 97.1 Å². The number of β-lactam (4-membered cyclic amide) rings is 1. The van der Waals surface area contributed by atoms with Crippen molar-refractivity contribution in [3.05, 3.63) is 114 Å². The largest absolute Gasteiger partial charge is 0.508 e. The number of hydrogen-bond acceptors (Lipinski definition) is 8. The number of carbonyl (C=O) groups excluding carboxylic acids is 2. The van der Waals surface area contributed by atoms with Gasteiger partial charge >= 0.3 is 0 Å². The number of phenols is 1. The van der Waals surface area contributed by atoms with Gasteiger partial charge in [0.05, 0.1) is 24.9 Å². The average molecular weight is 614 g/mol. The van der Waals surface area contributed by atoms with E-state index in [9.17, 15) is 34.4 Å². The topological polar surface area (TPSA) is 137 Å². The van der Waals surface area contributed by atoms with Crippen LogP contribution in [0.5, 0.6) is 11.5 Å². The second-order valence-corrected chi connectivity index (χ2v) is 11.2. The van der Waals surface area contributed by atoms with Gasteiger partial charge in [0.2, 0.25) is 5.91 Å². The van der Waals surface area contributed by atoms with E-state index < -0.39 is 60.5 Å². The van der Waals surface area contributed by atoms with Crippen molar-refractivity contribution in [1.82, 2.24) is 0 Å². The molecule has 1 amide bonds. The van der Waals surface area contributed by atoms with E-state index in [1.165, 1.54) is 29.2 Å². The molecule has 6 rings (SSSR count). The number of anilines is 1. The molecule has 6 unspecified atom stereocenters. The molecule has 2 aliphatic heterocycles. The zero-order chi connectivity index (χ0) is 31.7. The predicted octanol–water partition coefficient (Wildman–Crippen LogP) is 4.09. The number of nitrogens with zero attached hydrogens (tertiary/aromatic N) is 1. The van der Waals surface area contributed by atoms with Crippen LogP contribution in [0.2, 0.25) is 0 Å². The molecule has 6 atom stereocenters. The fourth-order valence-corrected chi connectivity index (χ4v) is 5.96. The van der Waals surface area contributed by atoms with Gasteiger partial charge in [0, 0.05) is 17.7 Å². The third-order valence-corrected chi connectivity index (χ3v) is 8.35. The number of amides is 1. The van der Waals surface area contributed by atoms with E-state index in [1.54, 1.807) is 66.7 Å². The van der Waals surface area contributed by atoms with E-state index in [0.717, 1.165) is 5.56 Å². The van der Waals surface area contributed by atoms with Crippen LogP contribution in [0.3, 0.4) is 0 Å². The summed E-state index contributed by atoms with van der Waals surface area (Å²) in [6.45, 7) is -0.673. The molecule has 4 N–H and O–H groups in total. The number of ketones is 1. The van der Waals surface area contributed by atoms with Crippen LogP contribution in [-0.4, -0.2) is 63.6 Å². The molecule has 2 heterocycles. The van der Waals surface area contributed by atoms with Crippen LogP contribution in [0.1, 0.15) is 29.7 Å².